The van der Waals surface area contributed by atoms with Crippen LogP contribution >= 0.6 is 11.8 Å². The molecule has 118 valence electrons. The first-order chi connectivity index (χ1) is 10.1. The lowest BCUT2D eigenvalue weighted by molar-refractivity contribution is 0.254. The Bertz CT molecular complexity index is 464. The van der Waals surface area contributed by atoms with Crippen LogP contribution in [0.25, 0.3) is 0 Å². The molecule has 1 N–H and O–H groups in total. The molecule has 2 unspecified atom stereocenters. The molecule has 2 atom stereocenters. The number of thioether (sulfide) groups is 1. The lowest BCUT2D eigenvalue weighted by atomic mass is 10.1. The molecule has 4 heteroatoms. The van der Waals surface area contributed by atoms with E-state index in [1.165, 1.54) is 17.5 Å². The van der Waals surface area contributed by atoms with Crippen molar-refractivity contribution in [1.82, 2.24) is 5.32 Å². The molecule has 0 fully saturated rings. The maximum atomic E-state index is 5.86. The largest absolute Gasteiger partial charge is 0.494 e. The summed E-state index contributed by atoms with van der Waals surface area (Å²) in [6.07, 6.45) is 4.61. The summed E-state index contributed by atoms with van der Waals surface area (Å²) >= 11 is 1.91. The van der Waals surface area contributed by atoms with Crippen LogP contribution in [0.3, 0.4) is 0 Å². The molecule has 1 aromatic rings. The van der Waals surface area contributed by atoms with Crippen LogP contribution in [0, 0.1) is 0 Å². The van der Waals surface area contributed by atoms with Gasteiger partial charge in [0.05, 0.1) is 6.61 Å². The first-order valence-corrected chi connectivity index (χ1v) is 9.11. The molecular formula is C17H27NO2S. The maximum Gasteiger partial charge on any atom is 0.124 e. The zero-order valence-electron chi connectivity index (χ0n) is 13.6. The van der Waals surface area contributed by atoms with Crippen molar-refractivity contribution in [2.75, 3.05) is 19.4 Å². The van der Waals surface area contributed by atoms with Crippen LogP contribution in [0.1, 0.15) is 38.3 Å². The second kappa shape index (κ2) is 7.95. The molecule has 1 heterocycles. The Morgan fingerprint density at radius 2 is 2.29 bits per heavy atom. The van der Waals surface area contributed by atoms with Gasteiger partial charge in [-0.25, -0.2) is 0 Å². The van der Waals surface area contributed by atoms with Crippen molar-refractivity contribution in [3.63, 3.8) is 0 Å². The number of ether oxygens (including phenoxy) is 2. The average Bonchev–Trinajstić information content (AvgIpc) is 2.82. The second-order valence-corrected chi connectivity index (χ2v) is 6.92. The molecular weight excluding hydrogens is 282 g/mol. The standard InChI is InChI=1S/C17H27NO2S/c1-5-19-16-9-14-8-12(2)20-17(14)10-15(16)11-18-7-6-13(3)21-4/h9-10,12-13,18H,5-8,11H2,1-4H3. The Morgan fingerprint density at radius 1 is 1.48 bits per heavy atom. The van der Waals surface area contributed by atoms with Crippen molar-refractivity contribution >= 4 is 11.8 Å². The minimum atomic E-state index is 0.278. The topological polar surface area (TPSA) is 30.5 Å². The van der Waals surface area contributed by atoms with E-state index in [9.17, 15) is 0 Å². The van der Waals surface area contributed by atoms with Gasteiger partial charge in [0.2, 0.25) is 0 Å². The molecule has 1 aliphatic heterocycles. The monoisotopic (exact) mass is 309 g/mol. The van der Waals surface area contributed by atoms with Gasteiger partial charge in [-0.2, -0.15) is 11.8 Å². The minimum Gasteiger partial charge on any atom is -0.494 e. The van der Waals surface area contributed by atoms with Gasteiger partial charge in [0.25, 0.3) is 0 Å². The molecule has 0 spiro atoms. The van der Waals surface area contributed by atoms with Crippen LogP contribution in [-0.4, -0.2) is 30.8 Å². The van der Waals surface area contributed by atoms with Crippen LogP contribution in [0.4, 0.5) is 0 Å². The highest BCUT2D eigenvalue weighted by Crippen LogP contribution is 2.35. The van der Waals surface area contributed by atoms with Gasteiger partial charge >= 0.3 is 0 Å². The van der Waals surface area contributed by atoms with E-state index in [2.05, 4.69) is 37.6 Å². The number of rotatable bonds is 8. The fraction of sp³-hybridized carbons (Fsp3) is 0.647. The highest BCUT2D eigenvalue weighted by molar-refractivity contribution is 7.99. The summed E-state index contributed by atoms with van der Waals surface area (Å²) in [6.45, 7) is 8.98. The Hall–Kier alpha value is -0.870. The van der Waals surface area contributed by atoms with Crippen molar-refractivity contribution in [1.29, 1.82) is 0 Å². The number of fused-ring (bicyclic) bond motifs is 1. The van der Waals surface area contributed by atoms with Crippen molar-refractivity contribution in [2.24, 2.45) is 0 Å². The molecule has 0 radical (unpaired) electrons. The summed E-state index contributed by atoms with van der Waals surface area (Å²) in [5.74, 6) is 2.03. The SMILES string of the molecule is CCOc1cc2c(cc1CNCCC(C)SC)OC(C)C2. The molecule has 0 aromatic heterocycles. The first-order valence-electron chi connectivity index (χ1n) is 7.82. The Balaban J connectivity index is 1.99. The molecule has 0 bridgehead atoms. The molecule has 0 saturated heterocycles. The second-order valence-electron chi connectivity index (χ2n) is 5.65. The van der Waals surface area contributed by atoms with E-state index in [0.29, 0.717) is 11.9 Å². The summed E-state index contributed by atoms with van der Waals surface area (Å²) < 4.78 is 11.7. The van der Waals surface area contributed by atoms with Crippen LogP contribution in [0.15, 0.2) is 12.1 Å². The fourth-order valence-electron chi connectivity index (χ4n) is 2.56. The van der Waals surface area contributed by atoms with E-state index >= 15 is 0 Å². The lowest BCUT2D eigenvalue weighted by Crippen LogP contribution is -2.18. The van der Waals surface area contributed by atoms with Crippen LogP contribution < -0.4 is 14.8 Å². The summed E-state index contributed by atoms with van der Waals surface area (Å²) in [4.78, 5) is 0. The number of nitrogens with one attached hydrogen (secondary N) is 1. The Morgan fingerprint density at radius 3 is 3.00 bits per heavy atom. The number of hydrogen-bond donors (Lipinski definition) is 1. The molecule has 3 nitrogen and oxygen atoms in total. The third-order valence-electron chi connectivity index (χ3n) is 3.82. The van der Waals surface area contributed by atoms with Crippen LogP contribution in [0.5, 0.6) is 11.5 Å². The molecule has 0 amide bonds. The third-order valence-corrected chi connectivity index (χ3v) is 4.86. The molecule has 21 heavy (non-hydrogen) atoms. The van der Waals surface area contributed by atoms with E-state index in [-0.39, 0.29) is 6.10 Å². The van der Waals surface area contributed by atoms with E-state index in [4.69, 9.17) is 9.47 Å². The Kier molecular flexibility index (Phi) is 6.24. The van der Waals surface area contributed by atoms with E-state index in [1.807, 2.05) is 18.7 Å². The van der Waals surface area contributed by atoms with Crippen molar-refractivity contribution in [2.45, 2.75) is 51.5 Å². The highest BCUT2D eigenvalue weighted by Gasteiger charge is 2.21. The van der Waals surface area contributed by atoms with E-state index in [1.54, 1.807) is 0 Å². The van der Waals surface area contributed by atoms with Gasteiger partial charge < -0.3 is 14.8 Å². The van der Waals surface area contributed by atoms with Crippen LogP contribution in [0.2, 0.25) is 0 Å². The molecule has 2 rings (SSSR count). The number of hydrogen-bond acceptors (Lipinski definition) is 4. The highest BCUT2D eigenvalue weighted by atomic mass is 32.2. The molecule has 0 aliphatic carbocycles. The van der Waals surface area contributed by atoms with Crippen molar-refractivity contribution in [3.8, 4) is 11.5 Å². The third kappa shape index (κ3) is 4.55. The van der Waals surface area contributed by atoms with Gasteiger partial charge in [0.1, 0.15) is 17.6 Å². The summed E-state index contributed by atoms with van der Waals surface area (Å²) in [5, 5.41) is 4.22. The smallest absolute Gasteiger partial charge is 0.124 e. The predicted octanol–water partition coefficient (Wildman–Crippen LogP) is 3.64. The number of benzene rings is 1. The summed E-state index contributed by atoms with van der Waals surface area (Å²) in [7, 11) is 0. The molecule has 0 saturated carbocycles. The quantitative estimate of drug-likeness (QED) is 0.743. The molecule has 1 aliphatic rings. The van der Waals surface area contributed by atoms with Gasteiger partial charge in [-0.05, 0) is 45.2 Å². The van der Waals surface area contributed by atoms with E-state index < -0.39 is 0 Å². The van der Waals surface area contributed by atoms with E-state index in [0.717, 1.165) is 31.0 Å². The fourth-order valence-corrected chi connectivity index (χ4v) is 2.91. The predicted molar refractivity (Wildman–Crippen MR) is 90.7 cm³/mol. The van der Waals surface area contributed by atoms with Gasteiger partial charge in [-0.1, -0.05) is 6.92 Å². The van der Waals surface area contributed by atoms with Crippen molar-refractivity contribution in [3.05, 3.63) is 23.3 Å². The van der Waals surface area contributed by atoms with Gasteiger partial charge in [0, 0.05) is 29.3 Å². The minimum absolute atomic E-state index is 0.278. The van der Waals surface area contributed by atoms with Crippen LogP contribution in [-0.2, 0) is 13.0 Å². The maximum absolute atomic E-state index is 5.86. The van der Waals surface area contributed by atoms with Gasteiger partial charge in [-0.3, -0.25) is 0 Å². The Labute approximate surface area is 132 Å². The zero-order valence-corrected chi connectivity index (χ0v) is 14.4. The lowest BCUT2D eigenvalue weighted by Gasteiger charge is -2.14. The summed E-state index contributed by atoms with van der Waals surface area (Å²) in [5.41, 5.74) is 2.47. The van der Waals surface area contributed by atoms with Gasteiger partial charge in [-0.15, -0.1) is 0 Å². The average molecular weight is 309 g/mol. The molecule has 1 aromatic carbocycles. The zero-order chi connectivity index (χ0) is 15.2. The van der Waals surface area contributed by atoms with Crippen molar-refractivity contribution < 1.29 is 9.47 Å². The normalized spacial score (nSPS) is 18.2. The first kappa shape index (κ1) is 16.5. The summed E-state index contributed by atoms with van der Waals surface area (Å²) in [6, 6.07) is 4.30. The van der Waals surface area contributed by atoms with Gasteiger partial charge in [0.15, 0.2) is 0 Å².